The molecule has 0 aliphatic heterocycles. The Balaban J connectivity index is 2.39. The molecule has 3 rings (SSSR count). The van der Waals surface area contributed by atoms with E-state index in [9.17, 15) is 0 Å². The fourth-order valence-electron chi connectivity index (χ4n) is 2.16. The van der Waals surface area contributed by atoms with E-state index >= 15 is 0 Å². The SMILES string of the molecule is CC=Cc1ccc2[nH]c3ccccc3c2c1. The van der Waals surface area contributed by atoms with Crippen LogP contribution >= 0.6 is 0 Å². The maximum atomic E-state index is 3.42. The number of rotatable bonds is 1. The summed E-state index contributed by atoms with van der Waals surface area (Å²) in [5.74, 6) is 0. The van der Waals surface area contributed by atoms with Crippen LogP contribution in [0.4, 0.5) is 0 Å². The smallest absolute Gasteiger partial charge is 0.0465 e. The third-order valence-corrected chi connectivity index (χ3v) is 2.89. The molecule has 16 heavy (non-hydrogen) atoms. The standard InChI is InChI=1S/C15H13N/c1-2-5-11-8-9-15-13(10-11)12-6-3-4-7-14(12)16-15/h2-10,16H,1H3. The summed E-state index contributed by atoms with van der Waals surface area (Å²) in [5.41, 5.74) is 3.66. The van der Waals surface area contributed by atoms with Gasteiger partial charge < -0.3 is 4.98 Å². The van der Waals surface area contributed by atoms with Gasteiger partial charge in [0.05, 0.1) is 0 Å². The van der Waals surface area contributed by atoms with Crippen LogP contribution in [0.3, 0.4) is 0 Å². The Morgan fingerprint density at radius 1 is 0.938 bits per heavy atom. The molecule has 0 amide bonds. The van der Waals surface area contributed by atoms with E-state index in [2.05, 4.69) is 59.6 Å². The first-order chi connectivity index (χ1) is 7.88. The molecule has 0 aliphatic carbocycles. The van der Waals surface area contributed by atoms with Crippen LogP contribution < -0.4 is 0 Å². The average molecular weight is 207 g/mol. The molecule has 0 spiro atoms. The Labute approximate surface area is 94.4 Å². The van der Waals surface area contributed by atoms with Crippen molar-refractivity contribution in [2.45, 2.75) is 6.92 Å². The third-order valence-electron chi connectivity index (χ3n) is 2.89. The van der Waals surface area contributed by atoms with Crippen molar-refractivity contribution in [1.82, 2.24) is 4.98 Å². The van der Waals surface area contributed by atoms with Crippen LogP contribution in [-0.4, -0.2) is 4.98 Å². The number of aromatic nitrogens is 1. The lowest BCUT2D eigenvalue weighted by molar-refractivity contribution is 1.54. The van der Waals surface area contributed by atoms with Gasteiger partial charge >= 0.3 is 0 Å². The summed E-state index contributed by atoms with van der Waals surface area (Å²) >= 11 is 0. The van der Waals surface area contributed by atoms with Gasteiger partial charge in [0.25, 0.3) is 0 Å². The number of fused-ring (bicyclic) bond motifs is 3. The molecule has 0 fully saturated rings. The molecule has 0 radical (unpaired) electrons. The van der Waals surface area contributed by atoms with Gasteiger partial charge in [0.1, 0.15) is 0 Å². The molecule has 78 valence electrons. The zero-order valence-electron chi connectivity index (χ0n) is 9.20. The number of H-pyrrole nitrogens is 1. The Hall–Kier alpha value is -2.02. The first kappa shape index (κ1) is 9.22. The van der Waals surface area contributed by atoms with Crippen molar-refractivity contribution >= 4 is 27.9 Å². The van der Waals surface area contributed by atoms with Crippen molar-refractivity contribution < 1.29 is 0 Å². The van der Waals surface area contributed by atoms with E-state index < -0.39 is 0 Å². The number of benzene rings is 2. The van der Waals surface area contributed by atoms with Crippen molar-refractivity contribution in [1.29, 1.82) is 0 Å². The Morgan fingerprint density at radius 2 is 1.75 bits per heavy atom. The van der Waals surface area contributed by atoms with Gasteiger partial charge in [0.15, 0.2) is 0 Å². The Bertz CT molecular complexity index is 674. The van der Waals surface area contributed by atoms with Gasteiger partial charge in [-0.2, -0.15) is 0 Å². The summed E-state index contributed by atoms with van der Waals surface area (Å²) in [4.78, 5) is 3.42. The highest BCUT2D eigenvalue weighted by molar-refractivity contribution is 6.07. The monoisotopic (exact) mass is 207 g/mol. The second kappa shape index (κ2) is 3.53. The second-order valence-corrected chi connectivity index (χ2v) is 3.98. The molecule has 3 aromatic rings. The Kier molecular flexibility index (Phi) is 2.03. The van der Waals surface area contributed by atoms with Crippen molar-refractivity contribution in [2.24, 2.45) is 0 Å². The van der Waals surface area contributed by atoms with Gasteiger partial charge in [-0.1, -0.05) is 36.4 Å². The molecular formula is C15H13N. The van der Waals surface area contributed by atoms with Gasteiger partial charge in [-0.3, -0.25) is 0 Å². The molecule has 0 unspecified atom stereocenters. The minimum Gasteiger partial charge on any atom is -0.355 e. The van der Waals surface area contributed by atoms with Crippen LogP contribution in [0.2, 0.25) is 0 Å². The molecule has 1 N–H and O–H groups in total. The van der Waals surface area contributed by atoms with E-state index in [1.807, 2.05) is 6.92 Å². The highest BCUT2D eigenvalue weighted by atomic mass is 14.7. The van der Waals surface area contributed by atoms with Gasteiger partial charge in [0.2, 0.25) is 0 Å². The summed E-state index contributed by atoms with van der Waals surface area (Å²) in [6.45, 7) is 2.04. The normalized spacial score (nSPS) is 11.8. The number of hydrogen-bond acceptors (Lipinski definition) is 0. The number of hydrogen-bond donors (Lipinski definition) is 1. The number of aromatic amines is 1. The number of para-hydroxylation sites is 1. The Morgan fingerprint density at radius 3 is 2.62 bits per heavy atom. The third kappa shape index (κ3) is 1.33. The lowest BCUT2D eigenvalue weighted by atomic mass is 10.1. The predicted octanol–water partition coefficient (Wildman–Crippen LogP) is 4.35. The van der Waals surface area contributed by atoms with Gasteiger partial charge in [-0.15, -0.1) is 0 Å². The topological polar surface area (TPSA) is 15.8 Å². The van der Waals surface area contributed by atoms with E-state index in [0.29, 0.717) is 0 Å². The molecule has 0 saturated carbocycles. The van der Waals surface area contributed by atoms with Crippen LogP contribution in [0.5, 0.6) is 0 Å². The quantitative estimate of drug-likeness (QED) is 0.610. The molecule has 0 saturated heterocycles. The number of nitrogens with one attached hydrogen (secondary N) is 1. The molecule has 1 heterocycles. The molecule has 1 nitrogen and oxygen atoms in total. The van der Waals surface area contributed by atoms with Crippen molar-refractivity contribution in [3.63, 3.8) is 0 Å². The summed E-state index contributed by atoms with van der Waals surface area (Å²) < 4.78 is 0. The van der Waals surface area contributed by atoms with Crippen LogP contribution in [0.25, 0.3) is 27.9 Å². The maximum Gasteiger partial charge on any atom is 0.0465 e. The highest BCUT2D eigenvalue weighted by Gasteiger charge is 2.02. The molecule has 1 heteroatoms. The van der Waals surface area contributed by atoms with Crippen LogP contribution in [-0.2, 0) is 0 Å². The molecule has 1 aromatic heterocycles. The van der Waals surface area contributed by atoms with Crippen LogP contribution in [0, 0.1) is 0 Å². The van der Waals surface area contributed by atoms with E-state index in [0.717, 1.165) is 0 Å². The average Bonchev–Trinajstić information content (AvgIpc) is 2.68. The molecule has 2 aromatic carbocycles. The zero-order chi connectivity index (χ0) is 11.0. The van der Waals surface area contributed by atoms with E-state index in [1.54, 1.807) is 0 Å². The minimum atomic E-state index is 1.20. The zero-order valence-corrected chi connectivity index (χ0v) is 9.20. The van der Waals surface area contributed by atoms with Gasteiger partial charge in [-0.05, 0) is 30.7 Å². The lowest BCUT2D eigenvalue weighted by Crippen LogP contribution is -1.72. The molecule has 0 bridgehead atoms. The van der Waals surface area contributed by atoms with E-state index in [1.165, 1.54) is 27.4 Å². The largest absolute Gasteiger partial charge is 0.355 e. The predicted molar refractivity (Wildman–Crippen MR) is 70.5 cm³/mol. The van der Waals surface area contributed by atoms with E-state index in [4.69, 9.17) is 0 Å². The van der Waals surface area contributed by atoms with Crippen LogP contribution in [0.15, 0.2) is 48.5 Å². The van der Waals surface area contributed by atoms with Crippen LogP contribution in [0.1, 0.15) is 12.5 Å². The fraction of sp³-hybridized carbons (Fsp3) is 0.0667. The summed E-state index contributed by atoms with van der Waals surface area (Å²) in [6.07, 6.45) is 4.19. The first-order valence-electron chi connectivity index (χ1n) is 5.51. The van der Waals surface area contributed by atoms with Crippen molar-refractivity contribution in [3.05, 3.63) is 54.1 Å². The van der Waals surface area contributed by atoms with E-state index in [-0.39, 0.29) is 0 Å². The lowest BCUT2D eigenvalue weighted by Gasteiger charge is -1.94. The van der Waals surface area contributed by atoms with Gasteiger partial charge in [-0.25, -0.2) is 0 Å². The van der Waals surface area contributed by atoms with Gasteiger partial charge in [0, 0.05) is 21.8 Å². The molecule has 0 atom stereocenters. The molecular weight excluding hydrogens is 194 g/mol. The first-order valence-corrected chi connectivity index (χ1v) is 5.51. The molecule has 0 aliphatic rings. The second-order valence-electron chi connectivity index (χ2n) is 3.98. The maximum absolute atomic E-state index is 3.42. The summed E-state index contributed by atoms with van der Waals surface area (Å²) in [7, 11) is 0. The minimum absolute atomic E-state index is 1.20. The summed E-state index contributed by atoms with van der Waals surface area (Å²) in [5, 5.41) is 2.59. The summed E-state index contributed by atoms with van der Waals surface area (Å²) in [6, 6.07) is 14.9. The van der Waals surface area contributed by atoms with Crippen molar-refractivity contribution in [2.75, 3.05) is 0 Å². The fourth-order valence-corrected chi connectivity index (χ4v) is 2.16. The van der Waals surface area contributed by atoms with Crippen molar-refractivity contribution in [3.8, 4) is 0 Å². The highest BCUT2D eigenvalue weighted by Crippen LogP contribution is 2.26. The number of allylic oxidation sites excluding steroid dienone is 1.